The van der Waals surface area contributed by atoms with Gasteiger partial charge in [-0.25, -0.2) is 0 Å². The predicted molar refractivity (Wildman–Crippen MR) is 103 cm³/mol. The van der Waals surface area contributed by atoms with E-state index in [9.17, 15) is 4.79 Å². The van der Waals surface area contributed by atoms with Crippen molar-refractivity contribution in [2.75, 3.05) is 7.11 Å². The molecule has 0 aromatic heterocycles. The highest BCUT2D eigenvalue weighted by Gasteiger charge is 2.46. The Hall–Kier alpha value is -1.57. The van der Waals surface area contributed by atoms with Crippen LogP contribution in [0.3, 0.4) is 0 Å². The summed E-state index contributed by atoms with van der Waals surface area (Å²) in [5, 5.41) is 0. The molecule has 0 spiro atoms. The molecule has 0 aliphatic heterocycles. The van der Waals surface area contributed by atoms with Crippen LogP contribution < -0.4 is 0 Å². The van der Waals surface area contributed by atoms with Crippen LogP contribution in [0, 0.1) is 35.5 Å². The summed E-state index contributed by atoms with van der Waals surface area (Å²) in [7, 11) is 1.54. The number of esters is 1. The number of fused-ring (bicyclic) bond motifs is 6. The van der Waals surface area contributed by atoms with E-state index in [1.807, 2.05) is 0 Å². The standard InChI is InChI=1S/C24H30O2/c1-26-24(25)17-7-6-16-9-11-21-20-10-8-15-4-2-3-5-18(15)19(20)12-13-22(21)23(16)14-17/h4,8,10,12-13,16-18,21-23H,2-3,5-7,9,11,14H2,1H3. The highest BCUT2D eigenvalue weighted by Crippen LogP contribution is 2.54. The summed E-state index contributed by atoms with van der Waals surface area (Å²) in [6, 6.07) is 0. The highest BCUT2D eigenvalue weighted by molar-refractivity contribution is 5.72. The van der Waals surface area contributed by atoms with Gasteiger partial charge in [-0.3, -0.25) is 4.79 Å². The second-order valence-electron chi connectivity index (χ2n) is 9.01. The Morgan fingerprint density at radius 2 is 1.92 bits per heavy atom. The van der Waals surface area contributed by atoms with Crippen LogP contribution in [0.25, 0.3) is 0 Å². The van der Waals surface area contributed by atoms with E-state index in [0.717, 1.165) is 18.8 Å². The molecular weight excluding hydrogens is 320 g/mol. The molecule has 2 saturated carbocycles. The van der Waals surface area contributed by atoms with Gasteiger partial charge in [0.05, 0.1) is 13.0 Å². The smallest absolute Gasteiger partial charge is 0.308 e. The zero-order valence-electron chi connectivity index (χ0n) is 15.8. The van der Waals surface area contributed by atoms with Gasteiger partial charge in [-0.15, -0.1) is 0 Å². The Morgan fingerprint density at radius 1 is 1.04 bits per heavy atom. The maximum absolute atomic E-state index is 12.1. The van der Waals surface area contributed by atoms with Crippen LogP contribution in [0.15, 0.2) is 47.1 Å². The molecule has 5 rings (SSSR count). The van der Waals surface area contributed by atoms with Crippen molar-refractivity contribution in [2.45, 2.75) is 51.4 Å². The molecule has 5 aliphatic carbocycles. The van der Waals surface area contributed by atoms with E-state index in [4.69, 9.17) is 4.74 Å². The van der Waals surface area contributed by atoms with E-state index >= 15 is 0 Å². The van der Waals surface area contributed by atoms with Gasteiger partial charge in [0.15, 0.2) is 0 Å². The molecule has 2 nitrogen and oxygen atoms in total. The SMILES string of the molecule is COC(=O)C1CCC2CCC3C4=C(C=CC3C2C1)C1CCCC=C1C=C4. The number of allylic oxidation sites excluding steroid dienone is 8. The van der Waals surface area contributed by atoms with Gasteiger partial charge in [0, 0.05) is 5.92 Å². The molecule has 0 saturated heterocycles. The van der Waals surface area contributed by atoms with E-state index in [-0.39, 0.29) is 11.9 Å². The Morgan fingerprint density at radius 3 is 2.81 bits per heavy atom. The maximum atomic E-state index is 12.1. The van der Waals surface area contributed by atoms with Crippen molar-refractivity contribution in [3.05, 3.63) is 47.1 Å². The summed E-state index contributed by atoms with van der Waals surface area (Å²) < 4.78 is 5.07. The van der Waals surface area contributed by atoms with Gasteiger partial charge in [-0.05, 0) is 91.8 Å². The molecule has 0 N–H and O–H groups in total. The molecule has 2 heteroatoms. The number of hydrogen-bond donors (Lipinski definition) is 0. The second kappa shape index (κ2) is 6.55. The fourth-order valence-corrected chi connectivity index (χ4v) is 6.67. The molecule has 2 fully saturated rings. The van der Waals surface area contributed by atoms with Crippen LogP contribution >= 0.6 is 0 Å². The number of methoxy groups -OCH3 is 1. The van der Waals surface area contributed by atoms with E-state index in [1.165, 1.54) is 45.6 Å². The number of carbonyl (C=O) groups excluding carboxylic acids is 1. The second-order valence-corrected chi connectivity index (χ2v) is 9.01. The van der Waals surface area contributed by atoms with Gasteiger partial charge in [-0.2, -0.15) is 0 Å². The summed E-state index contributed by atoms with van der Waals surface area (Å²) >= 11 is 0. The summed E-state index contributed by atoms with van der Waals surface area (Å²) in [5.41, 5.74) is 4.79. The van der Waals surface area contributed by atoms with E-state index in [1.54, 1.807) is 16.7 Å². The quantitative estimate of drug-likeness (QED) is 0.593. The molecule has 0 bridgehead atoms. The molecule has 0 radical (unpaired) electrons. The highest BCUT2D eigenvalue weighted by atomic mass is 16.5. The Bertz CT molecular complexity index is 722. The lowest BCUT2D eigenvalue weighted by Gasteiger charge is -2.49. The van der Waals surface area contributed by atoms with Crippen LogP contribution in [0.5, 0.6) is 0 Å². The van der Waals surface area contributed by atoms with Crippen molar-refractivity contribution in [3.63, 3.8) is 0 Å². The van der Waals surface area contributed by atoms with Crippen molar-refractivity contribution in [1.29, 1.82) is 0 Å². The van der Waals surface area contributed by atoms with Crippen molar-refractivity contribution in [3.8, 4) is 0 Å². The third-order valence-electron chi connectivity index (χ3n) is 7.93. The van der Waals surface area contributed by atoms with E-state index in [0.29, 0.717) is 23.7 Å². The van der Waals surface area contributed by atoms with Gasteiger partial charge < -0.3 is 4.74 Å². The number of rotatable bonds is 1. The first-order valence-electron chi connectivity index (χ1n) is 10.6. The van der Waals surface area contributed by atoms with E-state index < -0.39 is 0 Å². The van der Waals surface area contributed by atoms with Crippen molar-refractivity contribution in [1.82, 2.24) is 0 Å². The van der Waals surface area contributed by atoms with Crippen LogP contribution in [0.2, 0.25) is 0 Å². The van der Waals surface area contributed by atoms with Crippen molar-refractivity contribution in [2.24, 2.45) is 35.5 Å². The molecule has 0 aromatic carbocycles. The van der Waals surface area contributed by atoms with Crippen LogP contribution in [-0.4, -0.2) is 13.1 Å². The van der Waals surface area contributed by atoms with Gasteiger partial charge in [0.2, 0.25) is 0 Å². The summed E-state index contributed by atoms with van der Waals surface area (Å²) in [6.07, 6.45) is 22.1. The number of ether oxygens (including phenoxy) is 1. The first-order valence-corrected chi connectivity index (χ1v) is 10.6. The minimum absolute atomic E-state index is 0.0137. The number of carbonyl (C=O) groups is 1. The van der Waals surface area contributed by atoms with Crippen molar-refractivity contribution >= 4 is 5.97 Å². The molecule has 0 aromatic rings. The number of hydrogen-bond acceptors (Lipinski definition) is 2. The zero-order chi connectivity index (χ0) is 17.7. The molecule has 138 valence electrons. The Kier molecular flexibility index (Phi) is 4.18. The van der Waals surface area contributed by atoms with Gasteiger partial charge in [0.1, 0.15) is 0 Å². The molecule has 26 heavy (non-hydrogen) atoms. The molecule has 6 atom stereocenters. The minimum atomic E-state index is 0.0137. The molecule has 0 amide bonds. The molecular formula is C24H30O2. The zero-order valence-corrected chi connectivity index (χ0v) is 15.8. The average Bonchev–Trinajstić information content (AvgIpc) is 2.71. The summed E-state index contributed by atoms with van der Waals surface area (Å²) in [5.74, 6) is 3.55. The first-order chi connectivity index (χ1) is 12.8. The Balaban J connectivity index is 1.42. The Labute approximate surface area is 157 Å². The van der Waals surface area contributed by atoms with Crippen LogP contribution in [0.1, 0.15) is 51.4 Å². The van der Waals surface area contributed by atoms with Gasteiger partial charge >= 0.3 is 5.97 Å². The lowest BCUT2D eigenvalue weighted by atomic mass is 9.55. The first kappa shape index (κ1) is 16.6. The van der Waals surface area contributed by atoms with Gasteiger partial charge in [0.25, 0.3) is 0 Å². The predicted octanol–water partition coefficient (Wildman–Crippen LogP) is 5.38. The lowest BCUT2D eigenvalue weighted by Crippen LogP contribution is -2.41. The van der Waals surface area contributed by atoms with Crippen LogP contribution in [-0.2, 0) is 9.53 Å². The molecule has 6 unspecified atom stereocenters. The van der Waals surface area contributed by atoms with Crippen molar-refractivity contribution < 1.29 is 9.53 Å². The fraction of sp³-hybridized carbons (Fsp3) is 0.625. The molecule has 5 aliphatic rings. The average molecular weight is 351 g/mol. The van der Waals surface area contributed by atoms with Gasteiger partial charge in [-0.1, -0.05) is 30.4 Å². The largest absolute Gasteiger partial charge is 0.469 e. The van der Waals surface area contributed by atoms with E-state index in [2.05, 4.69) is 30.4 Å². The normalized spacial score (nSPS) is 40.7. The maximum Gasteiger partial charge on any atom is 0.308 e. The lowest BCUT2D eigenvalue weighted by molar-refractivity contribution is -0.148. The minimum Gasteiger partial charge on any atom is -0.469 e. The molecule has 0 heterocycles. The third kappa shape index (κ3) is 2.56. The topological polar surface area (TPSA) is 26.3 Å². The van der Waals surface area contributed by atoms with Crippen LogP contribution in [0.4, 0.5) is 0 Å². The third-order valence-corrected chi connectivity index (χ3v) is 7.93. The fourth-order valence-electron chi connectivity index (χ4n) is 6.67. The summed E-state index contributed by atoms with van der Waals surface area (Å²) in [4.78, 5) is 12.1. The summed E-state index contributed by atoms with van der Waals surface area (Å²) in [6.45, 7) is 0. The monoisotopic (exact) mass is 350 g/mol.